The van der Waals surface area contributed by atoms with E-state index in [1.165, 1.54) is 32.1 Å². The lowest BCUT2D eigenvalue weighted by Crippen LogP contribution is -2.16. The number of pyridine rings is 1. The molecule has 0 bridgehead atoms. The van der Waals surface area contributed by atoms with E-state index in [0.717, 1.165) is 10.9 Å². The molecule has 0 saturated heterocycles. The van der Waals surface area contributed by atoms with Gasteiger partial charge >= 0.3 is 0 Å². The van der Waals surface area contributed by atoms with Crippen LogP contribution >= 0.6 is 11.8 Å². The summed E-state index contributed by atoms with van der Waals surface area (Å²) in [5.41, 5.74) is 7.00. The fraction of sp³-hybridized carbons (Fsp3) is 0.615. The van der Waals surface area contributed by atoms with Crippen LogP contribution < -0.4 is 5.73 Å². The molecule has 0 amide bonds. The highest BCUT2D eigenvalue weighted by atomic mass is 32.2. The maximum absolute atomic E-state index is 5.86. The normalized spacial score (nSPS) is 19.6. The van der Waals surface area contributed by atoms with Crippen molar-refractivity contribution in [1.82, 2.24) is 4.98 Å². The third kappa shape index (κ3) is 3.22. The van der Waals surface area contributed by atoms with Crippen LogP contribution in [0.15, 0.2) is 24.4 Å². The Hall–Kier alpha value is -0.540. The molecule has 1 fully saturated rings. The standard InChI is InChI=1S/C13H20N2S/c14-10-13(12-8-4-5-9-15-12)16-11-6-2-1-3-7-11/h4-5,8-9,11,13H,1-3,6-7,10,14H2. The van der Waals surface area contributed by atoms with E-state index in [1.807, 2.05) is 30.1 Å². The number of nitrogens with zero attached hydrogens (tertiary/aromatic N) is 1. The van der Waals surface area contributed by atoms with Crippen LogP contribution in [0.25, 0.3) is 0 Å². The van der Waals surface area contributed by atoms with Crippen molar-refractivity contribution in [2.75, 3.05) is 6.54 Å². The van der Waals surface area contributed by atoms with Crippen LogP contribution in [-0.2, 0) is 0 Å². The average Bonchev–Trinajstić information content (AvgIpc) is 2.38. The lowest BCUT2D eigenvalue weighted by molar-refractivity contribution is 0.514. The minimum Gasteiger partial charge on any atom is -0.329 e. The minimum absolute atomic E-state index is 0.379. The summed E-state index contributed by atoms with van der Waals surface area (Å²) in [6, 6.07) is 6.10. The molecular formula is C13H20N2S. The first-order valence-corrected chi connectivity index (χ1v) is 7.11. The smallest absolute Gasteiger partial charge is 0.0595 e. The van der Waals surface area contributed by atoms with Gasteiger partial charge < -0.3 is 5.73 Å². The van der Waals surface area contributed by atoms with Gasteiger partial charge in [-0.2, -0.15) is 0 Å². The summed E-state index contributed by atoms with van der Waals surface area (Å²) in [6.07, 6.45) is 8.75. The van der Waals surface area contributed by atoms with Gasteiger partial charge in [-0.05, 0) is 25.0 Å². The molecule has 0 aromatic carbocycles. The fourth-order valence-corrected chi connectivity index (χ4v) is 3.71. The highest BCUT2D eigenvalue weighted by Gasteiger charge is 2.20. The number of hydrogen-bond donors (Lipinski definition) is 1. The van der Waals surface area contributed by atoms with Crippen molar-refractivity contribution in [3.8, 4) is 0 Å². The predicted molar refractivity (Wildman–Crippen MR) is 70.5 cm³/mol. The van der Waals surface area contributed by atoms with E-state index in [4.69, 9.17) is 5.73 Å². The second-order valence-electron chi connectivity index (χ2n) is 4.38. The van der Waals surface area contributed by atoms with E-state index in [0.29, 0.717) is 11.8 Å². The molecule has 1 aliphatic carbocycles. The molecule has 2 nitrogen and oxygen atoms in total. The highest BCUT2D eigenvalue weighted by Crippen LogP contribution is 2.37. The lowest BCUT2D eigenvalue weighted by atomic mass is 10.0. The van der Waals surface area contributed by atoms with E-state index >= 15 is 0 Å². The van der Waals surface area contributed by atoms with E-state index in [-0.39, 0.29) is 0 Å². The third-order valence-corrected chi connectivity index (χ3v) is 4.76. The maximum Gasteiger partial charge on any atom is 0.0595 e. The number of rotatable bonds is 4. The highest BCUT2D eigenvalue weighted by molar-refractivity contribution is 8.00. The van der Waals surface area contributed by atoms with Gasteiger partial charge in [0.2, 0.25) is 0 Å². The monoisotopic (exact) mass is 236 g/mol. The zero-order valence-corrected chi connectivity index (χ0v) is 10.5. The molecule has 2 rings (SSSR count). The van der Waals surface area contributed by atoms with Crippen molar-refractivity contribution >= 4 is 11.8 Å². The Morgan fingerprint density at radius 3 is 2.75 bits per heavy atom. The minimum atomic E-state index is 0.379. The summed E-state index contributed by atoms with van der Waals surface area (Å²) in [6.45, 7) is 0.693. The Kier molecular flexibility index (Phi) is 4.67. The van der Waals surface area contributed by atoms with Crippen LogP contribution in [0.5, 0.6) is 0 Å². The van der Waals surface area contributed by atoms with Gasteiger partial charge in [-0.1, -0.05) is 25.3 Å². The first-order valence-electron chi connectivity index (χ1n) is 6.16. The van der Waals surface area contributed by atoms with Crippen LogP contribution in [-0.4, -0.2) is 16.8 Å². The van der Waals surface area contributed by atoms with Crippen molar-refractivity contribution in [2.45, 2.75) is 42.6 Å². The first-order chi connectivity index (χ1) is 7.90. The zero-order chi connectivity index (χ0) is 11.2. The van der Waals surface area contributed by atoms with Crippen LogP contribution in [0, 0.1) is 0 Å². The summed E-state index contributed by atoms with van der Waals surface area (Å²) in [5, 5.41) is 1.17. The molecule has 16 heavy (non-hydrogen) atoms. The van der Waals surface area contributed by atoms with Gasteiger partial charge in [0.25, 0.3) is 0 Å². The zero-order valence-electron chi connectivity index (χ0n) is 9.64. The van der Waals surface area contributed by atoms with Crippen molar-refractivity contribution in [2.24, 2.45) is 5.73 Å². The van der Waals surface area contributed by atoms with Crippen LogP contribution in [0.2, 0.25) is 0 Å². The van der Waals surface area contributed by atoms with E-state index < -0.39 is 0 Å². The Balaban J connectivity index is 1.94. The molecule has 1 unspecified atom stereocenters. The van der Waals surface area contributed by atoms with Gasteiger partial charge in [0.1, 0.15) is 0 Å². The Morgan fingerprint density at radius 2 is 2.12 bits per heavy atom. The summed E-state index contributed by atoms with van der Waals surface area (Å²) in [7, 11) is 0. The molecule has 1 atom stereocenters. The van der Waals surface area contributed by atoms with Crippen molar-refractivity contribution in [1.29, 1.82) is 0 Å². The lowest BCUT2D eigenvalue weighted by Gasteiger charge is -2.25. The molecule has 0 spiro atoms. The number of hydrogen-bond acceptors (Lipinski definition) is 3. The molecule has 3 heteroatoms. The topological polar surface area (TPSA) is 38.9 Å². The van der Waals surface area contributed by atoms with E-state index in [9.17, 15) is 0 Å². The van der Waals surface area contributed by atoms with Crippen LogP contribution in [0.1, 0.15) is 43.0 Å². The third-order valence-electron chi connectivity index (χ3n) is 3.14. The summed E-state index contributed by atoms with van der Waals surface area (Å²) < 4.78 is 0. The van der Waals surface area contributed by atoms with E-state index in [1.54, 1.807) is 0 Å². The van der Waals surface area contributed by atoms with Gasteiger partial charge in [0.05, 0.1) is 10.9 Å². The molecular weight excluding hydrogens is 216 g/mol. The predicted octanol–water partition coefficient (Wildman–Crippen LogP) is 3.15. The Morgan fingerprint density at radius 1 is 1.31 bits per heavy atom. The second kappa shape index (κ2) is 6.26. The fourth-order valence-electron chi connectivity index (χ4n) is 2.25. The quantitative estimate of drug-likeness (QED) is 0.873. The molecule has 2 N–H and O–H groups in total. The first kappa shape index (κ1) is 11.9. The van der Waals surface area contributed by atoms with Gasteiger partial charge in [0.15, 0.2) is 0 Å². The van der Waals surface area contributed by atoms with Crippen molar-refractivity contribution in [3.63, 3.8) is 0 Å². The summed E-state index contributed by atoms with van der Waals surface area (Å²) in [4.78, 5) is 4.41. The van der Waals surface area contributed by atoms with Gasteiger partial charge in [-0.3, -0.25) is 4.98 Å². The molecule has 0 aliphatic heterocycles. The molecule has 0 radical (unpaired) electrons. The molecule has 1 saturated carbocycles. The second-order valence-corrected chi connectivity index (χ2v) is 5.88. The van der Waals surface area contributed by atoms with Gasteiger partial charge in [-0.15, -0.1) is 11.8 Å². The molecule has 1 aromatic rings. The van der Waals surface area contributed by atoms with Gasteiger partial charge in [0, 0.05) is 18.0 Å². The van der Waals surface area contributed by atoms with E-state index in [2.05, 4.69) is 11.1 Å². The number of aromatic nitrogens is 1. The average molecular weight is 236 g/mol. The van der Waals surface area contributed by atoms with Crippen molar-refractivity contribution < 1.29 is 0 Å². The summed E-state index contributed by atoms with van der Waals surface area (Å²) >= 11 is 2.03. The number of thioether (sulfide) groups is 1. The summed E-state index contributed by atoms with van der Waals surface area (Å²) in [5.74, 6) is 0. The molecule has 1 aliphatic rings. The largest absolute Gasteiger partial charge is 0.329 e. The van der Waals surface area contributed by atoms with Crippen LogP contribution in [0.3, 0.4) is 0 Å². The molecule has 88 valence electrons. The Labute approximate surface area is 102 Å². The van der Waals surface area contributed by atoms with Crippen molar-refractivity contribution in [3.05, 3.63) is 30.1 Å². The molecule has 1 heterocycles. The van der Waals surface area contributed by atoms with Crippen LogP contribution in [0.4, 0.5) is 0 Å². The maximum atomic E-state index is 5.86. The number of nitrogens with two attached hydrogens (primary N) is 1. The SMILES string of the molecule is NCC(SC1CCCCC1)c1ccccn1. The Bertz CT molecular complexity index is 296. The molecule has 1 aromatic heterocycles. The van der Waals surface area contributed by atoms with Gasteiger partial charge in [-0.25, -0.2) is 0 Å².